The Labute approximate surface area is 812 Å². The highest BCUT2D eigenvalue weighted by Gasteiger charge is 2.26. The Balaban J connectivity index is 0.000000104. The normalized spacial score (nSPS) is 11.8. The molecule has 0 unspecified atom stereocenters. The molecule has 0 fully saturated rings. The van der Waals surface area contributed by atoms with E-state index in [9.17, 15) is 0 Å². The first kappa shape index (κ1) is 80.9. The molecular formula is C132H81N3O5S. The maximum Gasteiger partial charge on any atom is 0.137 e. The van der Waals surface area contributed by atoms with Gasteiger partial charge in [-0.05, 0) is 246 Å². The summed E-state index contributed by atoms with van der Waals surface area (Å²) in [6, 6.07) is 175. The Bertz CT molecular complexity index is 10200. The predicted octanol–water partition coefficient (Wildman–Crippen LogP) is 39.3. The second-order valence-corrected chi connectivity index (χ2v) is 37.4. The van der Waals surface area contributed by atoms with E-state index in [4.69, 9.17) is 22.1 Å². The third-order valence-electron chi connectivity index (χ3n) is 28.3. The summed E-state index contributed by atoms with van der Waals surface area (Å²) in [6.07, 6.45) is 0. The second kappa shape index (κ2) is 33.2. The van der Waals surface area contributed by atoms with Gasteiger partial charge in [-0.2, -0.15) is 0 Å². The zero-order valence-electron chi connectivity index (χ0n) is 76.1. The van der Waals surface area contributed by atoms with E-state index in [1.165, 1.54) is 129 Å². The molecule has 30 aromatic rings. The molecule has 0 radical (unpaired) electrons. The Morgan fingerprint density at radius 3 is 0.851 bits per heavy atom. The standard InChI is InChI=1S/2C44H27NO2.C44H27NOS/c1-2-8-28(9-3-1)29-16-20-32(21-17-29)45(34-23-24-36-35-10-4-6-12-39(35)47-42(36)27-34)33-22-18-30-14-15-31-19-25-41-44(43(31)38(30)26-33)37-11-5-7-13-40(37)46-41;1-2-8-28(9-3-1)29-16-20-32(21-17-29)45(34-23-25-41-38(27-34)35-10-4-6-12-39(35)46-41)33-22-18-30-14-15-31-19-24-42-44(43(31)37(30)26-33)36-11-5-7-13-40(36)47-42;1-2-9-28(10-3-1)29-19-23-32(24-20-29)45(38-14-8-13-35-34-11-5-7-16-41(34)47-44(35)38)33-25-21-30-17-18-31-22-26-40-43(42(31)37(30)27-33)36-12-4-6-15-39(36)46-40/h3*1-27H. The van der Waals surface area contributed by atoms with Crippen LogP contribution in [0.15, 0.2) is 513 Å². The van der Waals surface area contributed by atoms with Crippen LogP contribution in [0.2, 0.25) is 0 Å². The van der Waals surface area contributed by atoms with E-state index < -0.39 is 0 Å². The van der Waals surface area contributed by atoms with E-state index in [2.05, 4.69) is 451 Å². The Kier molecular flexibility index (Phi) is 19.0. The number of benzene rings is 24. The number of nitrogens with zero attached hydrogens (tertiary/aromatic N) is 3. The molecule has 0 saturated carbocycles. The molecule has 24 aromatic carbocycles. The van der Waals surface area contributed by atoms with Crippen LogP contribution >= 0.6 is 11.3 Å². The van der Waals surface area contributed by atoms with Crippen molar-refractivity contribution in [3.05, 3.63) is 491 Å². The first-order valence-electron chi connectivity index (χ1n) is 47.8. The lowest BCUT2D eigenvalue weighted by Crippen LogP contribution is -2.10. The van der Waals surface area contributed by atoms with Crippen LogP contribution in [0.3, 0.4) is 0 Å². The van der Waals surface area contributed by atoms with E-state index >= 15 is 0 Å². The minimum absolute atomic E-state index is 0.868. The van der Waals surface area contributed by atoms with Crippen molar-refractivity contribution in [1.29, 1.82) is 0 Å². The van der Waals surface area contributed by atoms with E-state index in [0.29, 0.717) is 0 Å². The van der Waals surface area contributed by atoms with E-state index in [-0.39, 0.29) is 0 Å². The average molecular weight is 1820 g/mol. The van der Waals surface area contributed by atoms with Crippen LogP contribution in [-0.2, 0) is 0 Å². The van der Waals surface area contributed by atoms with Gasteiger partial charge in [0.15, 0.2) is 0 Å². The summed E-state index contributed by atoms with van der Waals surface area (Å²) >= 11 is 1.86. The Morgan fingerprint density at radius 1 is 0.142 bits per heavy atom. The summed E-state index contributed by atoms with van der Waals surface area (Å²) in [5.41, 5.74) is 26.0. The van der Waals surface area contributed by atoms with Crippen molar-refractivity contribution in [2.45, 2.75) is 0 Å². The van der Waals surface area contributed by atoms with Crippen LogP contribution in [0.25, 0.3) is 228 Å². The zero-order chi connectivity index (χ0) is 92.7. The molecule has 6 aromatic heterocycles. The number of hydrogen-bond acceptors (Lipinski definition) is 9. The molecule has 30 rings (SSSR count). The monoisotopic (exact) mass is 1820 g/mol. The van der Waals surface area contributed by atoms with Crippen molar-refractivity contribution < 1.29 is 22.1 Å². The van der Waals surface area contributed by atoms with Gasteiger partial charge in [-0.25, -0.2) is 0 Å². The smallest absolute Gasteiger partial charge is 0.137 e. The minimum atomic E-state index is 0.868. The van der Waals surface area contributed by atoms with Gasteiger partial charge in [-0.3, -0.25) is 0 Å². The van der Waals surface area contributed by atoms with E-state index in [0.717, 1.165) is 150 Å². The number of thiophene rings is 1. The fourth-order valence-electron chi connectivity index (χ4n) is 21.7. The number of fused-ring (bicyclic) bond motifs is 30. The fraction of sp³-hybridized carbons (Fsp3) is 0. The molecule has 0 spiro atoms. The molecule has 0 atom stereocenters. The zero-order valence-corrected chi connectivity index (χ0v) is 76.9. The van der Waals surface area contributed by atoms with Gasteiger partial charge in [0.05, 0.1) is 10.4 Å². The molecule has 8 nitrogen and oxygen atoms in total. The van der Waals surface area contributed by atoms with Crippen molar-refractivity contribution in [1.82, 2.24) is 0 Å². The molecule has 0 saturated heterocycles. The largest absolute Gasteiger partial charge is 0.456 e. The first-order valence-corrected chi connectivity index (χ1v) is 48.6. The van der Waals surface area contributed by atoms with Gasteiger partial charge < -0.3 is 36.8 Å². The Morgan fingerprint density at radius 2 is 0.411 bits per heavy atom. The Hall–Kier alpha value is -18.5. The molecule has 6 heterocycles. The fourth-order valence-corrected chi connectivity index (χ4v) is 22.9. The third kappa shape index (κ3) is 13.8. The lowest BCUT2D eigenvalue weighted by molar-refractivity contribution is 0.668. The van der Waals surface area contributed by atoms with Crippen molar-refractivity contribution >= 4 is 257 Å². The highest BCUT2D eigenvalue weighted by Crippen LogP contribution is 2.51. The lowest BCUT2D eigenvalue weighted by atomic mass is 9.96. The summed E-state index contributed by atoms with van der Waals surface area (Å²) in [5, 5.41) is 28.4. The summed E-state index contributed by atoms with van der Waals surface area (Å²) in [4.78, 5) is 7.10. The molecular weight excluding hydrogens is 1740 g/mol. The third-order valence-corrected chi connectivity index (χ3v) is 29.5. The second-order valence-electron chi connectivity index (χ2n) is 36.4. The number of rotatable bonds is 12. The maximum absolute atomic E-state index is 6.36. The summed E-state index contributed by atoms with van der Waals surface area (Å²) in [7, 11) is 0. The van der Waals surface area contributed by atoms with Gasteiger partial charge in [0.2, 0.25) is 0 Å². The number of furan rings is 5. The number of para-hydroxylation sites is 5. The van der Waals surface area contributed by atoms with E-state index in [1.54, 1.807) is 0 Å². The van der Waals surface area contributed by atoms with Crippen LogP contribution in [0.5, 0.6) is 0 Å². The van der Waals surface area contributed by atoms with Crippen LogP contribution in [0, 0.1) is 0 Å². The molecule has 0 bridgehead atoms. The molecule has 0 aliphatic rings. The first-order chi connectivity index (χ1) is 69.9. The quantitative estimate of drug-likeness (QED) is 0.112. The molecule has 0 aliphatic carbocycles. The van der Waals surface area contributed by atoms with Crippen LogP contribution in [0.4, 0.5) is 51.2 Å². The van der Waals surface area contributed by atoms with Gasteiger partial charge in [0.25, 0.3) is 0 Å². The SMILES string of the molecule is c1ccc(-c2ccc(N(c3ccc4c(c3)oc3ccccc34)c3ccc4ccc5ccc6oc7ccccc7c6c5c4c3)cc2)cc1.c1ccc(-c2ccc(N(c3ccc4ccc5ccc6oc7ccccc7c6c5c4c3)c3cccc4c3sc3ccccc34)cc2)cc1.c1ccc(-c2ccc(N(c3ccc4oc5ccccc5c4c3)c3ccc4ccc5ccc6oc7ccccc7c6c5c4c3)cc2)cc1. The van der Waals surface area contributed by atoms with Gasteiger partial charge in [-0.1, -0.05) is 322 Å². The topological polar surface area (TPSA) is 75.4 Å². The number of hydrogen-bond donors (Lipinski definition) is 0. The van der Waals surface area contributed by atoms with Gasteiger partial charge >= 0.3 is 0 Å². The number of anilines is 9. The molecule has 0 aliphatic heterocycles. The van der Waals surface area contributed by atoms with Gasteiger partial charge in [0, 0.05) is 137 Å². The van der Waals surface area contributed by atoms with Crippen molar-refractivity contribution in [2.24, 2.45) is 0 Å². The lowest BCUT2D eigenvalue weighted by Gasteiger charge is -2.27. The average Bonchev–Trinajstić information content (AvgIpc) is 1.63. The van der Waals surface area contributed by atoms with Crippen LogP contribution in [-0.4, -0.2) is 0 Å². The maximum atomic E-state index is 6.36. The van der Waals surface area contributed by atoms with Crippen molar-refractivity contribution in [2.75, 3.05) is 14.7 Å². The molecule has 660 valence electrons. The molecule has 0 amide bonds. The van der Waals surface area contributed by atoms with Crippen molar-refractivity contribution in [3.63, 3.8) is 0 Å². The predicted molar refractivity (Wildman–Crippen MR) is 594 cm³/mol. The summed E-state index contributed by atoms with van der Waals surface area (Å²) in [5.74, 6) is 0. The minimum Gasteiger partial charge on any atom is -0.456 e. The molecule has 0 N–H and O–H groups in total. The van der Waals surface area contributed by atoms with Crippen molar-refractivity contribution in [3.8, 4) is 33.4 Å². The highest BCUT2D eigenvalue weighted by atomic mass is 32.1. The van der Waals surface area contributed by atoms with Crippen LogP contribution in [0.1, 0.15) is 0 Å². The van der Waals surface area contributed by atoms with Gasteiger partial charge in [0.1, 0.15) is 55.8 Å². The summed E-state index contributed by atoms with van der Waals surface area (Å²) in [6.45, 7) is 0. The van der Waals surface area contributed by atoms with Gasteiger partial charge in [-0.15, -0.1) is 11.3 Å². The van der Waals surface area contributed by atoms with Crippen LogP contribution < -0.4 is 14.7 Å². The van der Waals surface area contributed by atoms with E-state index in [1.807, 2.05) is 65.9 Å². The molecule has 9 heteroatoms. The summed E-state index contributed by atoms with van der Waals surface area (Å²) < 4.78 is 34.1. The highest BCUT2D eigenvalue weighted by molar-refractivity contribution is 7.26. The molecule has 141 heavy (non-hydrogen) atoms.